The van der Waals surface area contributed by atoms with E-state index in [-0.39, 0.29) is 18.2 Å². The lowest BCUT2D eigenvalue weighted by molar-refractivity contribution is -0.121. The average Bonchev–Trinajstić information content (AvgIpc) is 2.76. The largest absolute Gasteiger partial charge is 0.274 e. The minimum absolute atomic E-state index is 0.172. The molecule has 2 aromatic rings. The van der Waals surface area contributed by atoms with Crippen molar-refractivity contribution in [2.75, 3.05) is 4.90 Å². The molecule has 1 unspecified atom stereocenters. The lowest BCUT2D eigenvalue weighted by atomic mass is 9.98. The van der Waals surface area contributed by atoms with Crippen LogP contribution in [0.4, 0.5) is 5.69 Å². The summed E-state index contributed by atoms with van der Waals surface area (Å²) in [5, 5.41) is 0.585. The van der Waals surface area contributed by atoms with Crippen molar-refractivity contribution in [1.82, 2.24) is 0 Å². The molecule has 2 aromatic carbocycles. The maximum absolute atomic E-state index is 12.6. The van der Waals surface area contributed by atoms with Crippen molar-refractivity contribution in [1.29, 1.82) is 0 Å². The third kappa shape index (κ3) is 2.70. The van der Waals surface area contributed by atoms with E-state index in [9.17, 15) is 9.59 Å². The van der Waals surface area contributed by atoms with Crippen molar-refractivity contribution in [2.24, 2.45) is 0 Å². The number of amides is 2. The van der Waals surface area contributed by atoms with E-state index in [4.69, 9.17) is 11.6 Å². The van der Waals surface area contributed by atoms with Crippen LogP contribution in [-0.2, 0) is 9.59 Å². The molecule has 0 aromatic heterocycles. The van der Waals surface area contributed by atoms with Crippen molar-refractivity contribution in [3.63, 3.8) is 0 Å². The molecule has 0 N–H and O–H groups in total. The van der Waals surface area contributed by atoms with Crippen molar-refractivity contribution < 1.29 is 9.59 Å². The van der Waals surface area contributed by atoms with Gasteiger partial charge in [0.1, 0.15) is 0 Å². The van der Waals surface area contributed by atoms with E-state index in [2.05, 4.69) is 22.6 Å². The van der Waals surface area contributed by atoms with E-state index in [0.717, 1.165) is 9.13 Å². The van der Waals surface area contributed by atoms with E-state index in [1.807, 2.05) is 30.3 Å². The van der Waals surface area contributed by atoms with E-state index in [1.54, 1.807) is 18.2 Å². The minimum Gasteiger partial charge on any atom is -0.274 e. The van der Waals surface area contributed by atoms with Crippen LogP contribution in [0.25, 0.3) is 0 Å². The van der Waals surface area contributed by atoms with E-state index in [0.29, 0.717) is 10.7 Å². The molecule has 2 amide bonds. The fourth-order valence-electron chi connectivity index (χ4n) is 2.49. The Balaban J connectivity index is 1.98. The van der Waals surface area contributed by atoms with Crippen LogP contribution in [0.3, 0.4) is 0 Å². The Bertz CT molecular complexity index is 717. The number of hydrogen-bond donors (Lipinski definition) is 0. The first kappa shape index (κ1) is 14.5. The molecule has 1 aliphatic rings. The first-order valence-corrected chi connectivity index (χ1v) is 7.90. The van der Waals surface area contributed by atoms with Gasteiger partial charge in [-0.1, -0.05) is 41.9 Å². The van der Waals surface area contributed by atoms with E-state index < -0.39 is 5.92 Å². The summed E-state index contributed by atoms with van der Waals surface area (Å²) in [7, 11) is 0. The number of carbonyl (C=O) groups is 2. The van der Waals surface area contributed by atoms with Gasteiger partial charge in [-0.25, -0.2) is 4.90 Å². The van der Waals surface area contributed by atoms with Crippen LogP contribution in [0.1, 0.15) is 17.9 Å². The van der Waals surface area contributed by atoms with E-state index in [1.165, 1.54) is 4.90 Å². The van der Waals surface area contributed by atoms with Crippen LogP contribution in [-0.4, -0.2) is 11.8 Å². The van der Waals surface area contributed by atoms with Gasteiger partial charge in [-0.05, 0) is 46.4 Å². The van der Waals surface area contributed by atoms with Crippen molar-refractivity contribution in [3.8, 4) is 0 Å². The second kappa shape index (κ2) is 5.77. The normalized spacial score (nSPS) is 18.4. The molecule has 1 aliphatic heterocycles. The molecule has 0 radical (unpaired) electrons. The second-order valence-corrected chi connectivity index (χ2v) is 6.43. The summed E-state index contributed by atoms with van der Waals surface area (Å²) in [6, 6.07) is 14.6. The Kier molecular flexibility index (Phi) is 3.99. The summed E-state index contributed by atoms with van der Waals surface area (Å²) < 4.78 is 0.788. The predicted molar refractivity (Wildman–Crippen MR) is 90.5 cm³/mol. The highest BCUT2D eigenvalue weighted by Gasteiger charge is 2.40. The monoisotopic (exact) mass is 411 g/mol. The van der Waals surface area contributed by atoms with E-state index >= 15 is 0 Å². The number of anilines is 1. The maximum Gasteiger partial charge on any atom is 0.241 e. The quantitative estimate of drug-likeness (QED) is 0.553. The van der Waals surface area contributed by atoms with Gasteiger partial charge in [0.25, 0.3) is 0 Å². The second-order valence-electron chi connectivity index (χ2n) is 4.83. The number of rotatable bonds is 2. The third-order valence-electron chi connectivity index (χ3n) is 3.50. The highest BCUT2D eigenvalue weighted by Crippen LogP contribution is 2.35. The summed E-state index contributed by atoms with van der Waals surface area (Å²) in [5.74, 6) is -0.745. The Morgan fingerprint density at radius 3 is 2.48 bits per heavy atom. The van der Waals surface area contributed by atoms with Gasteiger partial charge in [0.05, 0.1) is 11.6 Å². The topological polar surface area (TPSA) is 37.4 Å². The molecule has 0 aliphatic carbocycles. The number of hydrogen-bond acceptors (Lipinski definition) is 2. The molecule has 0 spiro atoms. The standard InChI is InChI=1S/C16H11ClINO2/c17-11-6-7-14(13(18)8-11)19-15(20)9-12(16(19)21)10-4-2-1-3-5-10/h1-8,12H,9H2. The van der Waals surface area contributed by atoms with Crippen molar-refractivity contribution in [2.45, 2.75) is 12.3 Å². The highest BCUT2D eigenvalue weighted by molar-refractivity contribution is 14.1. The molecule has 1 heterocycles. The zero-order chi connectivity index (χ0) is 15.0. The van der Waals surface area contributed by atoms with Crippen LogP contribution in [0, 0.1) is 3.57 Å². The molecular formula is C16H11ClINO2. The molecule has 0 saturated carbocycles. The van der Waals surface area contributed by atoms with Crippen LogP contribution in [0.2, 0.25) is 5.02 Å². The lowest BCUT2D eigenvalue weighted by Gasteiger charge is -2.17. The summed E-state index contributed by atoms with van der Waals surface area (Å²) in [4.78, 5) is 26.2. The molecule has 1 saturated heterocycles. The Morgan fingerprint density at radius 1 is 1.10 bits per heavy atom. The van der Waals surface area contributed by atoms with Gasteiger partial charge in [-0.15, -0.1) is 0 Å². The van der Waals surface area contributed by atoms with Crippen LogP contribution < -0.4 is 4.90 Å². The number of carbonyl (C=O) groups excluding carboxylic acids is 2. The van der Waals surface area contributed by atoms with Crippen molar-refractivity contribution in [3.05, 3.63) is 62.7 Å². The Hall–Kier alpha value is -1.40. The smallest absolute Gasteiger partial charge is 0.241 e. The van der Waals surface area contributed by atoms with Gasteiger partial charge in [0.2, 0.25) is 11.8 Å². The van der Waals surface area contributed by atoms with Gasteiger partial charge < -0.3 is 0 Å². The Labute approximate surface area is 141 Å². The number of benzene rings is 2. The maximum atomic E-state index is 12.6. The fourth-order valence-corrected chi connectivity index (χ4v) is 3.61. The number of imide groups is 1. The van der Waals surface area contributed by atoms with Crippen LogP contribution >= 0.6 is 34.2 Å². The number of nitrogens with zero attached hydrogens (tertiary/aromatic N) is 1. The summed E-state index contributed by atoms with van der Waals surface area (Å²) in [5.41, 5.74) is 1.48. The molecule has 3 rings (SSSR count). The average molecular weight is 412 g/mol. The molecule has 21 heavy (non-hydrogen) atoms. The van der Waals surface area contributed by atoms with Gasteiger partial charge in [0, 0.05) is 15.0 Å². The minimum atomic E-state index is -0.398. The number of halogens is 2. The molecule has 106 valence electrons. The molecule has 5 heteroatoms. The SMILES string of the molecule is O=C1CC(c2ccccc2)C(=O)N1c1ccc(Cl)cc1I. The summed E-state index contributed by atoms with van der Waals surface area (Å²) in [6.45, 7) is 0. The third-order valence-corrected chi connectivity index (χ3v) is 4.60. The first-order chi connectivity index (χ1) is 10.1. The Morgan fingerprint density at radius 2 is 1.81 bits per heavy atom. The van der Waals surface area contributed by atoms with Crippen LogP contribution in [0.5, 0.6) is 0 Å². The molecule has 3 nitrogen and oxygen atoms in total. The van der Waals surface area contributed by atoms with Gasteiger partial charge in [0.15, 0.2) is 0 Å². The van der Waals surface area contributed by atoms with Gasteiger partial charge in [-0.2, -0.15) is 0 Å². The highest BCUT2D eigenvalue weighted by atomic mass is 127. The molecule has 1 atom stereocenters. The fraction of sp³-hybridized carbons (Fsp3) is 0.125. The summed E-state index contributed by atoms with van der Waals surface area (Å²) in [6.07, 6.45) is 0.210. The van der Waals surface area contributed by atoms with Crippen LogP contribution in [0.15, 0.2) is 48.5 Å². The molecule has 0 bridgehead atoms. The van der Waals surface area contributed by atoms with Gasteiger partial charge >= 0.3 is 0 Å². The first-order valence-electron chi connectivity index (χ1n) is 6.44. The molecular weight excluding hydrogens is 401 g/mol. The lowest BCUT2D eigenvalue weighted by Crippen LogP contribution is -2.30. The van der Waals surface area contributed by atoms with Crippen molar-refractivity contribution >= 4 is 51.7 Å². The van der Waals surface area contributed by atoms with Gasteiger partial charge in [-0.3, -0.25) is 9.59 Å². The molecule has 1 fully saturated rings. The zero-order valence-electron chi connectivity index (χ0n) is 10.9. The zero-order valence-corrected chi connectivity index (χ0v) is 13.8. The predicted octanol–water partition coefficient (Wildman–Crippen LogP) is 3.99. The summed E-state index contributed by atoms with van der Waals surface area (Å²) >= 11 is 8.01.